The quantitative estimate of drug-likeness (QED) is 0.320. The number of aryl methyl sites for hydroxylation is 1. The highest BCUT2D eigenvalue weighted by molar-refractivity contribution is 5.95. The van der Waals surface area contributed by atoms with E-state index in [0.29, 0.717) is 17.5 Å². The fourth-order valence-electron chi connectivity index (χ4n) is 6.08. The lowest BCUT2D eigenvalue weighted by atomic mass is 9.78. The van der Waals surface area contributed by atoms with E-state index in [4.69, 9.17) is 10.5 Å². The number of hydrogen-bond acceptors (Lipinski definition) is 4. The number of benzene rings is 2. The third-order valence-corrected chi connectivity index (χ3v) is 8.31. The van der Waals surface area contributed by atoms with E-state index < -0.39 is 0 Å². The Hall–Kier alpha value is -3.52. The van der Waals surface area contributed by atoms with Crippen molar-refractivity contribution >= 4 is 17.8 Å². The van der Waals surface area contributed by atoms with Gasteiger partial charge in [-0.05, 0) is 105 Å². The van der Waals surface area contributed by atoms with Gasteiger partial charge in [0.25, 0.3) is 0 Å². The minimum atomic E-state index is 0.124. The lowest BCUT2D eigenvalue weighted by molar-refractivity contribution is -0.123. The van der Waals surface area contributed by atoms with Gasteiger partial charge < -0.3 is 15.4 Å². The van der Waals surface area contributed by atoms with E-state index in [0.717, 1.165) is 74.9 Å². The number of aliphatic imine (C=N–C) groups is 1. The number of hydrogen-bond donors (Lipinski definition) is 1. The summed E-state index contributed by atoms with van der Waals surface area (Å²) in [6, 6.07) is 14.7. The predicted octanol–water partition coefficient (Wildman–Crippen LogP) is 6.79. The minimum absolute atomic E-state index is 0.124. The Kier molecular flexibility index (Phi) is 10.3. The van der Waals surface area contributed by atoms with Crippen LogP contribution in [0.5, 0.6) is 5.75 Å². The smallest absolute Gasteiger partial charge is 0.230 e. The molecular weight excluding hydrogens is 482 g/mol. The van der Waals surface area contributed by atoms with Crippen LogP contribution in [0.2, 0.25) is 0 Å². The Morgan fingerprint density at radius 2 is 1.85 bits per heavy atom. The van der Waals surface area contributed by atoms with Crippen LogP contribution in [-0.2, 0) is 4.79 Å². The van der Waals surface area contributed by atoms with Gasteiger partial charge in [0.15, 0.2) is 0 Å². The molecule has 0 aliphatic heterocycles. The highest BCUT2D eigenvalue weighted by atomic mass is 16.5. The summed E-state index contributed by atoms with van der Waals surface area (Å²) in [7, 11) is 3.43. The second-order valence-electron chi connectivity index (χ2n) is 11.1. The molecular formula is C34H43N3O2. The number of carbonyl (C=O) groups is 1. The predicted molar refractivity (Wildman–Crippen MR) is 161 cm³/mol. The average Bonchev–Trinajstić information content (AvgIpc) is 2.98. The Morgan fingerprint density at radius 1 is 1.08 bits per heavy atom. The number of methoxy groups -OCH3 is 1. The first-order valence-electron chi connectivity index (χ1n) is 14.4. The van der Waals surface area contributed by atoms with Crippen molar-refractivity contribution in [3.05, 3.63) is 70.9 Å². The maximum atomic E-state index is 13.9. The molecule has 2 aliphatic rings. The molecule has 0 heterocycles. The summed E-state index contributed by atoms with van der Waals surface area (Å²) in [6.07, 6.45) is 13.4. The Morgan fingerprint density at radius 3 is 2.54 bits per heavy atom. The number of nitrogens with two attached hydrogens (primary N) is 1. The molecule has 0 saturated heterocycles. The van der Waals surface area contributed by atoms with Gasteiger partial charge in [0.2, 0.25) is 5.91 Å². The van der Waals surface area contributed by atoms with Crippen molar-refractivity contribution < 1.29 is 9.53 Å². The highest BCUT2D eigenvalue weighted by Crippen LogP contribution is 2.38. The molecule has 2 fully saturated rings. The van der Waals surface area contributed by atoms with Crippen LogP contribution in [0.15, 0.2) is 59.2 Å². The second kappa shape index (κ2) is 14.0. The van der Waals surface area contributed by atoms with Gasteiger partial charge >= 0.3 is 0 Å². The zero-order valence-corrected chi connectivity index (χ0v) is 23.8. The summed E-state index contributed by atoms with van der Waals surface area (Å²) in [5.74, 6) is 8.57. The van der Waals surface area contributed by atoms with Crippen molar-refractivity contribution in [2.24, 2.45) is 22.6 Å². The number of nitrogens with zero attached hydrogens (tertiary/aromatic N) is 2. The molecule has 2 aliphatic carbocycles. The molecule has 0 aromatic heterocycles. The van der Waals surface area contributed by atoms with Crippen LogP contribution in [0.3, 0.4) is 0 Å². The summed E-state index contributed by atoms with van der Waals surface area (Å²) in [4.78, 5) is 19.9. The van der Waals surface area contributed by atoms with Crippen molar-refractivity contribution in [3.63, 3.8) is 0 Å². The van der Waals surface area contributed by atoms with E-state index in [1.165, 1.54) is 17.5 Å². The third-order valence-electron chi connectivity index (χ3n) is 8.31. The molecule has 0 spiro atoms. The molecule has 2 N–H and O–H groups in total. The summed E-state index contributed by atoms with van der Waals surface area (Å²) < 4.78 is 5.45. The number of rotatable bonds is 7. The second-order valence-corrected chi connectivity index (χ2v) is 11.1. The average molecular weight is 526 g/mol. The topological polar surface area (TPSA) is 67.9 Å². The van der Waals surface area contributed by atoms with Gasteiger partial charge in [0.05, 0.1) is 12.8 Å². The van der Waals surface area contributed by atoms with Crippen molar-refractivity contribution in [1.82, 2.24) is 0 Å². The summed E-state index contributed by atoms with van der Waals surface area (Å²) >= 11 is 0. The maximum absolute atomic E-state index is 13.9. The normalized spacial score (nSPS) is 20.3. The molecule has 0 radical (unpaired) electrons. The van der Waals surface area contributed by atoms with Crippen LogP contribution < -0.4 is 15.4 Å². The van der Waals surface area contributed by atoms with Gasteiger partial charge in [-0.15, -0.1) is 0 Å². The number of anilines is 1. The van der Waals surface area contributed by atoms with E-state index in [-0.39, 0.29) is 11.8 Å². The van der Waals surface area contributed by atoms with E-state index in [1.54, 1.807) is 26.4 Å². The van der Waals surface area contributed by atoms with Gasteiger partial charge in [-0.3, -0.25) is 9.79 Å². The van der Waals surface area contributed by atoms with Crippen molar-refractivity contribution in [3.8, 4) is 17.6 Å². The first-order valence-corrected chi connectivity index (χ1v) is 14.4. The van der Waals surface area contributed by atoms with Crippen LogP contribution in [0.1, 0.15) is 80.4 Å². The van der Waals surface area contributed by atoms with Crippen molar-refractivity contribution in [2.75, 3.05) is 25.6 Å². The van der Waals surface area contributed by atoms with Crippen LogP contribution in [0, 0.1) is 30.6 Å². The fourth-order valence-corrected chi connectivity index (χ4v) is 6.08. The van der Waals surface area contributed by atoms with Crippen LogP contribution in [0.25, 0.3) is 0 Å². The highest BCUT2D eigenvalue weighted by Gasteiger charge is 2.31. The molecule has 0 bridgehead atoms. The van der Waals surface area contributed by atoms with E-state index in [2.05, 4.69) is 52.9 Å². The zero-order chi connectivity index (χ0) is 27.6. The molecule has 2 aromatic rings. The number of allylic oxidation sites excluding steroid dienone is 2. The molecule has 4 rings (SSSR count). The standard InChI is InChI=1S/C34H43N3O2/c1-25-22-30(17-19-33(25)39-3)28-15-12-27(13-16-28)24-37(34(38)29-9-5-4-6-10-29)32-11-7-8-26(23-32)14-18-31(35)20-21-36-2/h7-8,11,17,19-23,27-29H,4-6,9-10,12-13,15-16,24,35H2,1-3H3. The van der Waals surface area contributed by atoms with Gasteiger partial charge in [-0.25, -0.2) is 0 Å². The molecule has 39 heavy (non-hydrogen) atoms. The Labute approximate surface area is 234 Å². The van der Waals surface area contributed by atoms with E-state index in [9.17, 15) is 4.79 Å². The van der Waals surface area contributed by atoms with Crippen molar-refractivity contribution in [1.29, 1.82) is 0 Å². The molecule has 2 aromatic carbocycles. The lowest BCUT2D eigenvalue weighted by Gasteiger charge is -2.35. The van der Waals surface area contributed by atoms with Gasteiger partial charge in [0.1, 0.15) is 5.75 Å². The summed E-state index contributed by atoms with van der Waals surface area (Å²) in [6.45, 7) is 2.89. The van der Waals surface area contributed by atoms with Crippen LogP contribution in [-0.4, -0.2) is 32.8 Å². The molecule has 5 nitrogen and oxygen atoms in total. The Balaban J connectivity index is 1.50. The molecule has 5 heteroatoms. The molecule has 206 valence electrons. The SMILES string of the molecule is CN=CC=C(N)C#Cc1cccc(N(CC2CCC(c3ccc(OC)c(C)c3)CC2)C(=O)C2CCCCC2)c1. The fraction of sp³-hybridized carbons (Fsp3) is 0.471. The monoisotopic (exact) mass is 525 g/mol. The van der Waals surface area contributed by atoms with Crippen LogP contribution >= 0.6 is 0 Å². The molecule has 0 atom stereocenters. The molecule has 0 unspecified atom stereocenters. The molecule has 1 amide bonds. The number of carbonyl (C=O) groups excluding carboxylic acids is 1. The van der Waals surface area contributed by atoms with E-state index >= 15 is 0 Å². The van der Waals surface area contributed by atoms with Gasteiger partial charge in [-0.1, -0.05) is 43.4 Å². The first-order chi connectivity index (χ1) is 19.0. The van der Waals surface area contributed by atoms with Gasteiger partial charge in [0, 0.05) is 37.0 Å². The number of ether oxygens (including phenoxy) is 1. The first kappa shape index (κ1) is 28.5. The zero-order valence-electron chi connectivity index (χ0n) is 23.8. The third kappa shape index (κ3) is 7.76. The van der Waals surface area contributed by atoms with Gasteiger partial charge in [-0.2, -0.15) is 0 Å². The summed E-state index contributed by atoms with van der Waals surface area (Å²) in [5, 5.41) is 0. The van der Waals surface area contributed by atoms with E-state index in [1.807, 2.05) is 18.2 Å². The summed E-state index contributed by atoms with van der Waals surface area (Å²) in [5.41, 5.74) is 10.8. The largest absolute Gasteiger partial charge is 0.496 e. The maximum Gasteiger partial charge on any atom is 0.230 e. The van der Waals surface area contributed by atoms with Crippen LogP contribution in [0.4, 0.5) is 5.69 Å². The minimum Gasteiger partial charge on any atom is -0.496 e. The molecule has 2 saturated carbocycles. The Bertz CT molecular complexity index is 1240. The lowest BCUT2D eigenvalue weighted by Crippen LogP contribution is -2.41. The van der Waals surface area contributed by atoms with Crippen molar-refractivity contribution in [2.45, 2.75) is 70.6 Å². The number of amides is 1.